The van der Waals surface area contributed by atoms with Crippen LogP contribution in [0.2, 0.25) is 0 Å². The van der Waals surface area contributed by atoms with Gasteiger partial charge in [-0.15, -0.1) is 11.3 Å². The summed E-state index contributed by atoms with van der Waals surface area (Å²) in [6.45, 7) is 0.761. The predicted octanol–water partition coefficient (Wildman–Crippen LogP) is 3.17. The van der Waals surface area contributed by atoms with Gasteiger partial charge in [0.15, 0.2) is 6.29 Å². The first-order valence-corrected chi connectivity index (χ1v) is 5.80. The first kappa shape index (κ1) is 9.68. The Morgan fingerprint density at radius 3 is 3.07 bits per heavy atom. The van der Waals surface area contributed by atoms with Crippen molar-refractivity contribution >= 4 is 33.6 Å². The number of hydrogen-bond acceptors (Lipinski definition) is 2. The highest BCUT2D eigenvalue weighted by atomic mass is 79.9. The van der Waals surface area contributed by atoms with Crippen molar-refractivity contribution in [2.24, 2.45) is 0 Å². The molecule has 2 nitrogen and oxygen atoms in total. The van der Waals surface area contributed by atoms with E-state index in [0.29, 0.717) is 0 Å². The minimum Gasteiger partial charge on any atom is -0.340 e. The van der Waals surface area contributed by atoms with Gasteiger partial charge in [0.05, 0.1) is 12.2 Å². The van der Waals surface area contributed by atoms with Crippen LogP contribution in [-0.2, 0) is 6.54 Å². The molecule has 0 N–H and O–H groups in total. The number of aldehydes is 1. The molecule has 0 spiro atoms. The smallest absolute Gasteiger partial charge is 0.166 e. The zero-order valence-corrected chi connectivity index (χ0v) is 9.72. The Morgan fingerprint density at radius 2 is 2.43 bits per heavy atom. The lowest BCUT2D eigenvalue weighted by atomic mass is 10.4. The average molecular weight is 270 g/mol. The van der Waals surface area contributed by atoms with Gasteiger partial charge in [0.2, 0.25) is 0 Å². The molecule has 0 radical (unpaired) electrons. The third-order valence-corrected chi connectivity index (χ3v) is 3.62. The highest BCUT2D eigenvalue weighted by molar-refractivity contribution is 9.10. The SMILES string of the molecule is O=Cc1cccn1Cc1cc(Br)cs1. The number of nitrogens with zero attached hydrogens (tertiary/aromatic N) is 1. The summed E-state index contributed by atoms with van der Waals surface area (Å²) in [6.07, 6.45) is 2.79. The van der Waals surface area contributed by atoms with Crippen molar-refractivity contribution in [1.29, 1.82) is 0 Å². The number of rotatable bonds is 3. The van der Waals surface area contributed by atoms with Gasteiger partial charge in [-0.05, 0) is 34.1 Å². The van der Waals surface area contributed by atoms with Gasteiger partial charge in [0.1, 0.15) is 0 Å². The van der Waals surface area contributed by atoms with Crippen LogP contribution in [-0.4, -0.2) is 10.9 Å². The molecular formula is C10H8BrNOS. The molecule has 0 atom stereocenters. The molecule has 4 heteroatoms. The Balaban J connectivity index is 2.22. The van der Waals surface area contributed by atoms with E-state index < -0.39 is 0 Å². The van der Waals surface area contributed by atoms with E-state index in [1.54, 1.807) is 11.3 Å². The molecule has 2 heterocycles. The number of hydrogen-bond donors (Lipinski definition) is 0. The van der Waals surface area contributed by atoms with E-state index in [4.69, 9.17) is 0 Å². The van der Waals surface area contributed by atoms with Crippen molar-refractivity contribution in [3.63, 3.8) is 0 Å². The maximum atomic E-state index is 10.7. The predicted molar refractivity (Wildman–Crippen MR) is 60.9 cm³/mol. The molecule has 14 heavy (non-hydrogen) atoms. The fourth-order valence-electron chi connectivity index (χ4n) is 1.28. The van der Waals surface area contributed by atoms with Gasteiger partial charge in [0.25, 0.3) is 0 Å². The summed E-state index contributed by atoms with van der Waals surface area (Å²) in [5.41, 5.74) is 0.717. The van der Waals surface area contributed by atoms with E-state index in [0.717, 1.165) is 23.0 Å². The molecule has 0 aliphatic heterocycles. The van der Waals surface area contributed by atoms with E-state index >= 15 is 0 Å². The fourth-order valence-corrected chi connectivity index (χ4v) is 2.73. The largest absolute Gasteiger partial charge is 0.340 e. The molecule has 0 aliphatic rings. The van der Waals surface area contributed by atoms with E-state index in [9.17, 15) is 4.79 Å². The minimum atomic E-state index is 0.717. The van der Waals surface area contributed by atoms with Crippen LogP contribution < -0.4 is 0 Å². The van der Waals surface area contributed by atoms with Crippen LogP contribution in [0.3, 0.4) is 0 Å². The Labute approximate surface area is 94.3 Å². The normalized spacial score (nSPS) is 10.4. The third-order valence-electron chi connectivity index (χ3n) is 1.93. The van der Waals surface area contributed by atoms with Crippen molar-refractivity contribution in [3.8, 4) is 0 Å². The van der Waals surface area contributed by atoms with Gasteiger partial charge in [-0.2, -0.15) is 0 Å². The molecule has 0 aliphatic carbocycles. The molecule has 0 saturated carbocycles. The van der Waals surface area contributed by atoms with Crippen molar-refractivity contribution < 1.29 is 4.79 Å². The molecule has 0 unspecified atom stereocenters. The zero-order chi connectivity index (χ0) is 9.97. The molecule has 0 aromatic carbocycles. The van der Waals surface area contributed by atoms with Crippen LogP contribution in [0, 0.1) is 0 Å². The second-order valence-corrected chi connectivity index (χ2v) is 4.82. The second-order valence-electron chi connectivity index (χ2n) is 2.91. The van der Waals surface area contributed by atoms with E-state index in [1.807, 2.05) is 28.3 Å². The maximum absolute atomic E-state index is 10.7. The van der Waals surface area contributed by atoms with Crippen molar-refractivity contribution in [1.82, 2.24) is 4.57 Å². The Morgan fingerprint density at radius 1 is 1.57 bits per heavy atom. The van der Waals surface area contributed by atoms with Crippen LogP contribution in [0.4, 0.5) is 0 Å². The highest BCUT2D eigenvalue weighted by Gasteiger charge is 2.02. The van der Waals surface area contributed by atoms with Crippen LogP contribution in [0.1, 0.15) is 15.4 Å². The summed E-state index contributed by atoms with van der Waals surface area (Å²) in [5, 5.41) is 2.04. The molecule has 2 aromatic heterocycles. The molecule has 0 saturated heterocycles. The first-order chi connectivity index (χ1) is 6.79. The molecule has 0 amide bonds. The third kappa shape index (κ3) is 1.96. The number of carbonyl (C=O) groups is 1. The lowest BCUT2D eigenvalue weighted by Crippen LogP contribution is -2.00. The molecule has 0 bridgehead atoms. The van der Waals surface area contributed by atoms with E-state index in [1.165, 1.54) is 4.88 Å². The van der Waals surface area contributed by atoms with Crippen molar-refractivity contribution in [2.75, 3.05) is 0 Å². The summed E-state index contributed by atoms with van der Waals surface area (Å²) in [7, 11) is 0. The number of thiophene rings is 1. The number of carbonyl (C=O) groups excluding carboxylic acids is 1. The minimum absolute atomic E-state index is 0.717. The molecule has 72 valence electrons. The molecule has 0 fully saturated rings. The Kier molecular flexibility index (Phi) is 2.84. The number of halogens is 1. The summed E-state index contributed by atoms with van der Waals surface area (Å²) in [6, 6.07) is 5.77. The fraction of sp³-hybridized carbons (Fsp3) is 0.100. The van der Waals surface area contributed by atoms with E-state index in [2.05, 4.69) is 22.0 Å². The van der Waals surface area contributed by atoms with Gasteiger partial charge in [-0.25, -0.2) is 0 Å². The Bertz CT molecular complexity index is 446. The summed E-state index contributed by atoms with van der Waals surface area (Å²) in [4.78, 5) is 11.9. The van der Waals surface area contributed by atoms with Gasteiger partial charge in [0, 0.05) is 20.9 Å². The lowest BCUT2D eigenvalue weighted by molar-refractivity contribution is 0.111. The number of aromatic nitrogens is 1. The van der Waals surface area contributed by atoms with Crippen molar-refractivity contribution in [2.45, 2.75) is 6.54 Å². The molecular weight excluding hydrogens is 262 g/mol. The highest BCUT2D eigenvalue weighted by Crippen LogP contribution is 2.20. The average Bonchev–Trinajstić information content (AvgIpc) is 2.76. The van der Waals surface area contributed by atoms with E-state index in [-0.39, 0.29) is 0 Å². The summed E-state index contributed by atoms with van der Waals surface area (Å²) >= 11 is 5.09. The van der Waals surface area contributed by atoms with Gasteiger partial charge >= 0.3 is 0 Å². The molecule has 2 aromatic rings. The summed E-state index contributed by atoms with van der Waals surface area (Å²) in [5.74, 6) is 0. The van der Waals surface area contributed by atoms with Gasteiger partial charge in [-0.3, -0.25) is 4.79 Å². The first-order valence-electron chi connectivity index (χ1n) is 4.13. The van der Waals surface area contributed by atoms with Crippen LogP contribution >= 0.6 is 27.3 Å². The van der Waals surface area contributed by atoms with Crippen molar-refractivity contribution in [3.05, 3.63) is 44.8 Å². The second kappa shape index (κ2) is 4.11. The maximum Gasteiger partial charge on any atom is 0.166 e. The standard InChI is InChI=1S/C10H8BrNOS/c11-8-4-10(14-7-8)5-12-3-1-2-9(12)6-13/h1-4,6-7H,5H2. The lowest BCUT2D eigenvalue weighted by Gasteiger charge is -2.01. The van der Waals surface area contributed by atoms with Crippen LogP contribution in [0.15, 0.2) is 34.2 Å². The quantitative estimate of drug-likeness (QED) is 0.785. The topological polar surface area (TPSA) is 22.0 Å². The molecule has 2 rings (SSSR count). The van der Waals surface area contributed by atoms with Gasteiger partial charge < -0.3 is 4.57 Å². The van der Waals surface area contributed by atoms with Crippen LogP contribution in [0.5, 0.6) is 0 Å². The summed E-state index contributed by atoms with van der Waals surface area (Å²) < 4.78 is 3.03. The monoisotopic (exact) mass is 269 g/mol. The van der Waals surface area contributed by atoms with Gasteiger partial charge in [-0.1, -0.05) is 0 Å². The Hall–Kier alpha value is -0.870. The zero-order valence-electron chi connectivity index (χ0n) is 7.31. The van der Waals surface area contributed by atoms with Crippen LogP contribution in [0.25, 0.3) is 0 Å².